The largest absolute Gasteiger partial charge is 0.438 e. The van der Waals surface area contributed by atoms with E-state index in [1.165, 1.54) is 6.92 Å². The van der Waals surface area contributed by atoms with Crippen LogP contribution in [0.15, 0.2) is 29.4 Å². The number of benzene rings is 1. The zero-order valence-corrected chi connectivity index (χ0v) is 12.0. The summed E-state index contributed by atoms with van der Waals surface area (Å²) in [4.78, 5) is 11.9. The molecule has 1 unspecified atom stereocenters. The average molecular weight is 355 g/mol. The van der Waals surface area contributed by atoms with Crippen LogP contribution in [0.4, 0.5) is 36.8 Å². The Bertz CT molecular complexity index is 668. The highest BCUT2D eigenvalue weighted by molar-refractivity contribution is 5.94. The number of rotatable bonds is 1. The molecule has 0 spiro atoms. The maximum Gasteiger partial charge on any atom is 0.438 e. The number of nitrogens with one attached hydrogen (secondary N) is 1. The van der Waals surface area contributed by atoms with Crippen molar-refractivity contribution in [1.82, 2.24) is 5.01 Å². The van der Waals surface area contributed by atoms with E-state index in [-0.39, 0.29) is 16.4 Å². The number of carbonyl (C=O) groups excluding carboxylic acids is 1. The first kappa shape index (κ1) is 18.0. The van der Waals surface area contributed by atoms with Gasteiger partial charge in [0.2, 0.25) is 0 Å². The third-order valence-electron chi connectivity index (χ3n) is 3.23. The molecule has 1 heterocycles. The molecule has 0 saturated heterocycles. The summed E-state index contributed by atoms with van der Waals surface area (Å²) in [5.74, 6) is 0. The number of hydrogen-bond donors (Lipinski definition) is 2. The first-order valence-corrected chi connectivity index (χ1v) is 6.46. The highest BCUT2D eigenvalue weighted by Gasteiger charge is 2.62. The van der Waals surface area contributed by atoms with Crippen LogP contribution in [0.5, 0.6) is 0 Å². The summed E-state index contributed by atoms with van der Waals surface area (Å²) in [5.41, 5.74) is -4.80. The lowest BCUT2D eigenvalue weighted by molar-refractivity contribution is -0.296. The maximum atomic E-state index is 13.0. The number of alkyl halides is 6. The molecule has 0 aromatic heterocycles. The summed E-state index contributed by atoms with van der Waals surface area (Å²) in [5, 5.41) is 14.9. The number of amides is 2. The van der Waals surface area contributed by atoms with E-state index in [2.05, 4.69) is 5.10 Å². The number of nitrogens with zero attached hydrogens (tertiary/aromatic N) is 2. The number of urea groups is 1. The average Bonchev–Trinajstić information content (AvgIpc) is 2.74. The van der Waals surface area contributed by atoms with E-state index < -0.39 is 36.1 Å². The van der Waals surface area contributed by atoms with Gasteiger partial charge in [-0.05, 0) is 31.2 Å². The molecule has 1 atom stereocenters. The van der Waals surface area contributed by atoms with Gasteiger partial charge in [-0.3, -0.25) is 0 Å². The van der Waals surface area contributed by atoms with Crippen LogP contribution in [-0.4, -0.2) is 33.8 Å². The number of carbonyl (C=O) groups is 1. The number of aliphatic hydroxyl groups is 1. The second-order valence-electron chi connectivity index (χ2n) is 5.14. The molecule has 132 valence electrons. The van der Waals surface area contributed by atoms with Gasteiger partial charge in [-0.2, -0.15) is 36.5 Å². The van der Waals surface area contributed by atoms with Crippen molar-refractivity contribution in [2.75, 3.05) is 5.32 Å². The number of anilines is 1. The summed E-state index contributed by atoms with van der Waals surface area (Å²) in [6, 6.07) is 1.64. The quantitative estimate of drug-likeness (QED) is 0.757. The third kappa shape index (κ3) is 3.30. The molecule has 24 heavy (non-hydrogen) atoms. The fourth-order valence-electron chi connectivity index (χ4n) is 2.07. The molecule has 1 aromatic carbocycles. The van der Waals surface area contributed by atoms with Crippen LogP contribution in [0.2, 0.25) is 0 Å². The molecule has 2 N–H and O–H groups in total. The second-order valence-corrected chi connectivity index (χ2v) is 5.14. The monoisotopic (exact) mass is 355 g/mol. The Hall–Kier alpha value is -2.30. The zero-order chi connectivity index (χ0) is 18.3. The van der Waals surface area contributed by atoms with E-state index in [1.54, 1.807) is 0 Å². The molecule has 1 aliphatic heterocycles. The van der Waals surface area contributed by atoms with Crippen molar-refractivity contribution in [3.8, 4) is 0 Å². The Balaban J connectivity index is 2.20. The highest BCUT2D eigenvalue weighted by atomic mass is 19.4. The van der Waals surface area contributed by atoms with Gasteiger partial charge in [0, 0.05) is 17.8 Å². The Morgan fingerprint density at radius 1 is 1.21 bits per heavy atom. The Kier molecular flexibility index (Phi) is 4.25. The minimum Gasteiger partial charge on any atom is -0.362 e. The van der Waals surface area contributed by atoms with Crippen molar-refractivity contribution in [1.29, 1.82) is 0 Å². The van der Waals surface area contributed by atoms with E-state index in [0.717, 1.165) is 12.1 Å². The van der Waals surface area contributed by atoms with Crippen molar-refractivity contribution in [2.24, 2.45) is 5.10 Å². The van der Waals surface area contributed by atoms with Gasteiger partial charge in [-0.15, -0.1) is 0 Å². The van der Waals surface area contributed by atoms with E-state index >= 15 is 0 Å². The van der Waals surface area contributed by atoms with Crippen molar-refractivity contribution >= 4 is 17.4 Å². The topological polar surface area (TPSA) is 64.9 Å². The summed E-state index contributed by atoms with van der Waals surface area (Å²) >= 11 is 0. The molecule has 1 aliphatic rings. The van der Waals surface area contributed by atoms with Crippen LogP contribution in [0.25, 0.3) is 0 Å². The van der Waals surface area contributed by atoms with Crippen molar-refractivity contribution < 1.29 is 36.2 Å². The van der Waals surface area contributed by atoms with Gasteiger partial charge < -0.3 is 10.4 Å². The summed E-state index contributed by atoms with van der Waals surface area (Å²) < 4.78 is 76.2. The van der Waals surface area contributed by atoms with Gasteiger partial charge in [0.1, 0.15) is 0 Å². The summed E-state index contributed by atoms with van der Waals surface area (Å²) in [7, 11) is 0. The van der Waals surface area contributed by atoms with Gasteiger partial charge >= 0.3 is 18.4 Å². The maximum absolute atomic E-state index is 13.0. The highest BCUT2D eigenvalue weighted by Crippen LogP contribution is 2.40. The minimum atomic E-state index is -5.16. The molecule has 2 amide bonds. The fraction of sp³-hybridized carbons (Fsp3) is 0.385. The molecule has 0 fully saturated rings. The molecule has 5 nitrogen and oxygen atoms in total. The lowest BCUT2D eigenvalue weighted by Gasteiger charge is -2.32. The molecule has 0 aliphatic carbocycles. The van der Waals surface area contributed by atoms with Crippen molar-refractivity contribution in [3.63, 3.8) is 0 Å². The fourth-order valence-corrected chi connectivity index (χ4v) is 2.07. The lowest BCUT2D eigenvalue weighted by atomic mass is 10.1. The van der Waals surface area contributed by atoms with Gasteiger partial charge in [-0.25, -0.2) is 4.79 Å². The predicted octanol–water partition coefficient (Wildman–Crippen LogP) is 3.57. The molecule has 2 rings (SSSR count). The van der Waals surface area contributed by atoms with Crippen LogP contribution in [-0.2, 0) is 6.18 Å². The van der Waals surface area contributed by atoms with Crippen molar-refractivity contribution in [3.05, 3.63) is 29.8 Å². The third-order valence-corrected chi connectivity index (χ3v) is 3.23. The van der Waals surface area contributed by atoms with Gasteiger partial charge in [-0.1, -0.05) is 0 Å². The number of hydrogen-bond acceptors (Lipinski definition) is 3. The number of halogens is 6. The molecule has 0 radical (unpaired) electrons. The smallest absolute Gasteiger partial charge is 0.362 e. The van der Waals surface area contributed by atoms with E-state index in [4.69, 9.17) is 0 Å². The van der Waals surface area contributed by atoms with Crippen LogP contribution in [0.1, 0.15) is 18.9 Å². The van der Waals surface area contributed by atoms with Gasteiger partial charge in [0.15, 0.2) is 0 Å². The van der Waals surface area contributed by atoms with Crippen LogP contribution >= 0.6 is 0 Å². The zero-order valence-electron chi connectivity index (χ0n) is 12.0. The standard InChI is InChI=1S/C13H11F6N3O2/c1-7-6-11(24,13(17,18)19)22(21-7)10(23)20-9-4-2-8(3-5-9)12(14,15)16/h2-5,24H,6H2,1H3,(H,20,23). The predicted molar refractivity (Wildman–Crippen MR) is 71.0 cm³/mol. The van der Waals surface area contributed by atoms with Gasteiger partial charge in [0.25, 0.3) is 5.72 Å². The minimum absolute atomic E-state index is 0.127. The normalized spacial score (nSPS) is 21.7. The molecular weight excluding hydrogens is 344 g/mol. The van der Waals surface area contributed by atoms with E-state index in [0.29, 0.717) is 12.1 Å². The second kappa shape index (κ2) is 5.65. The summed E-state index contributed by atoms with van der Waals surface area (Å²) in [6.45, 7) is 1.20. The van der Waals surface area contributed by atoms with Crippen molar-refractivity contribution in [2.45, 2.75) is 31.4 Å². The first-order valence-electron chi connectivity index (χ1n) is 6.46. The Morgan fingerprint density at radius 3 is 2.21 bits per heavy atom. The molecular formula is C13H11F6N3O2. The lowest BCUT2D eigenvalue weighted by Crippen LogP contribution is -2.57. The SMILES string of the molecule is CC1=NN(C(=O)Nc2ccc(C(F)(F)F)cc2)C(O)(C(F)(F)F)C1. The van der Waals surface area contributed by atoms with Crippen LogP contribution in [0, 0.1) is 0 Å². The Labute approximate surface area is 131 Å². The first-order chi connectivity index (χ1) is 10.8. The molecule has 0 bridgehead atoms. The number of hydrazone groups is 1. The molecule has 1 aromatic rings. The summed E-state index contributed by atoms with van der Waals surface area (Å²) in [6.07, 6.45) is -10.7. The van der Waals surface area contributed by atoms with Gasteiger partial charge in [0.05, 0.1) is 5.56 Å². The Morgan fingerprint density at radius 2 is 1.75 bits per heavy atom. The molecule has 11 heteroatoms. The van der Waals surface area contributed by atoms with Crippen LogP contribution in [0.3, 0.4) is 0 Å². The van der Waals surface area contributed by atoms with E-state index in [9.17, 15) is 36.2 Å². The van der Waals surface area contributed by atoms with E-state index in [1.807, 2.05) is 5.32 Å². The molecule has 0 saturated carbocycles. The van der Waals surface area contributed by atoms with Crippen LogP contribution < -0.4 is 5.32 Å².